The highest BCUT2D eigenvalue weighted by molar-refractivity contribution is 5.71. The Bertz CT molecular complexity index is 1400. The molecule has 0 saturated heterocycles. The van der Waals surface area contributed by atoms with Crippen molar-refractivity contribution in [1.82, 2.24) is 9.97 Å². The van der Waals surface area contributed by atoms with E-state index >= 15 is 0 Å². The number of alkyl halides is 6. The molecule has 0 radical (unpaired) electrons. The lowest BCUT2D eigenvalue weighted by Gasteiger charge is -2.25. The van der Waals surface area contributed by atoms with Gasteiger partial charge in [0.05, 0.1) is 24.2 Å². The van der Waals surface area contributed by atoms with Gasteiger partial charge in [-0.15, -0.1) is 0 Å². The first-order chi connectivity index (χ1) is 19.8. The Labute approximate surface area is 238 Å². The standard InChI is InChI=1S/C29H30F6N4O3/c1-3-18-14-36-27(37-15-18)39(17-19-5-6-21(28(30,31)32)12-24(19)29(33,34)35)9-4-10-42-22-7-8-25-23(13-22)20(11-26(40)41)16-38(25)2/h5-8,12-15,20H,3-4,9-11,16-17H2,1-2H3,(H,40,41). The topological polar surface area (TPSA) is 78.8 Å². The van der Waals surface area contributed by atoms with Crippen molar-refractivity contribution in [2.45, 2.75) is 51.0 Å². The number of halogens is 6. The molecule has 3 aromatic rings. The number of anilines is 2. The van der Waals surface area contributed by atoms with Gasteiger partial charge in [-0.25, -0.2) is 9.97 Å². The molecule has 1 N–H and O–H groups in total. The van der Waals surface area contributed by atoms with Crippen LogP contribution in [0.3, 0.4) is 0 Å². The van der Waals surface area contributed by atoms with E-state index in [4.69, 9.17) is 4.74 Å². The van der Waals surface area contributed by atoms with Crippen molar-refractivity contribution < 1.29 is 41.0 Å². The van der Waals surface area contributed by atoms with E-state index in [1.807, 2.05) is 24.9 Å². The Morgan fingerprint density at radius 3 is 2.40 bits per heavy atom. The summed E-state index contributed by atoms with van der Waals surface area (Å²) in [5, 5.41) is 9.24. The third kappa shape index (κ3) is 7.42. The second-order valence-corrected chi connectivity index (χ2v) is 10.1. The van der Waals surface area contributed by atoms with Gasteiger partial charge >= 0.3 is 18.3 Å². The molecule has 0 amide bonds. The number of hydrogen-bond acceptors (Lipinski definition) is 6. The van der Waals surface area contributed by atoms with E-state index in [9.17, 15) is 36.2 Å². The summed E-state index contributed by atoms with van der Waals surface area (Å²) in [6.07, 6.45) is -5.85. The fourth-order valence-electron chi connectivity index (χ4n) is 4.96. The third-order valence-corrected chi connectivity index (χ3v) is 7.09. The summed E-state index contributed by atoms with van der Waals surface area (Å²) in [6, 6.07) is 7.02. The van der Waals surface area contributed by atoms with Crippen molar-refractivity contribution in [3.8, 4) is 5.75 Å². The van der Waals surface area contributed by atoms with Crippen LogP contribution in [0.25, 0.3) is 0 Å². The van der Waals surface area contributed by atoms with Crippen LogP contribution < -0.4 is 14.5 Å². The van der Waals surface area contributed by atoms with E-state index in [1.165, 1.54) is 4.90 Å². The van der Waals surface area contributed by atoms with Crippen LogP contribution >= 0.6 is 0 Å². The van der Waals surface area contributed by atoms with Gasteiger partial charge in [0.2, 0.25) is 5.95 Å². The van der Waals surface area contributed by atoms with Crippen LogP contribution in [0, 0.1) is 0 Å². The number of likely N-dealkylation sites (N-methyl/N-ethyl adjacent to an activating group) is 1. The number of benzene rings is 2. The summed E-state index contributed by atoms with van der Waals surface area (Å²) in [5.74, 6) is -0.422. The van der Waals surface area contributed by atoms with Crippen LogP contribution in [0.5, 0.6) is 5.75 Å². The molecule has 1 atom stereocenters. The van der Waals surface area contributed by atoms with E-state index in [-0.39, 0.29) is 49.6 Å². The van der Waals surface area contributed by atoms with Crippen LogP contribution in [0.4, 0.5) is 38.0 Å². The highest BCUT2D eigenvalue weighted by atomic mass is 19.4. The van der Waals surface area contributed by atoms with Gasteiger partial charge in [0.1, 0.15) is 5.75 Å². The molecule has 226 valence electrons. The Morgan fingerprint density at radius 1 is 1.07 bits per heavy atom. The monoisotopic (exact) mass is 596 g/mol. The third-order valence-electron chi connectivity index (χ3n) is 7.09. The van der Waals surface area contributed by atoms with Gasteiger partial charge in [-0.1, -0.05) is 13.0 Å². The lowest BCUT2D eigenvalue weighted by Crippen LogP contribution is -2.28. The van der Waals surface area contributed by atoms with E-state index in [1.54, 1.807) is 24.5 Å². The van der Waals surface area contributed by atoms with Crippen molar-refractivity contribution >= 4 is 17.6 Å². The minimum absolute atomic E-state index is 0.0174. The maximum Gasteiger partial charge on any atom is 0.416 e. The Morgan fingerprint density at radius 2 is 1.79 bits per heavy atom. The van der Waals surface area contributed by atoms with Gasteiger partial charge in [-0.05, 0) is 59.9 Å². The molecule has 42 heavy (non-hydrogen) atoms. The highest BCUT2D eigenvalue weighted by Crippen LogP contribution is 2.40. The Hall–Kier alpha value is -4.03. The number of carboxylic acid groups (broad SMARTS) is 1. The largest absolute Gasteiger partial charge is 0.494 e. The first-order valence-corrected chi connectivity index (χ1v) is 13.3. The van der Waals surface area contributed by atoms with Crippen LogP contribution in [0.2, 0.25) is 0 Å². The maximum atomic E-state index is 13.8. The molecule has 2 heterocycles. The summed E-state index contributed by atoms with van der Waals surface area (Å²) >= 11 is 0. The zero-order valence-corrected chi connectivity index (χ0v) is 23.0. The van der Waals surface area contributed by atoms with E-state index in [0.29, 0.717) is 31.2 Å². The smallest absolute Gasteiger partial charge is 0.416 e. The molecule has 0 saturated carbocycles. The van der Waals surface area contributed by atoms with Gasteiger partial charge in [0.25, 0.3) is 0 Å². The minimum Gasteiger partial charge on any atom is -0.494 e. The summed E-state index contributed by atoms with van der Waals surface area (Å²) in [5.41, 5.74) is -0.492. The van der Waals surface area contributed by atoms with Crippen molar-refractivity contribution in [2.75, 3.05) is 36.5 Å². The molecular formula is C29H30F6N4O3. The van der Waals surface area contributed by atoms with E-state index in [0.717, 1.165) is 22.9 Å². The Kier molecular flexibility index (Phi) is 9.17. The molecule has 1 aliphatic heterocycles. The number of nitrogens with zero attached hydrogens (tertiary/aromatic N) is 4. The molecule has 0 aliphatic carbocycles. The molecule has 1 aliphatic rings. The Balaban J connectivity index is 1.51. The lowest BCUT2D eigenvalue weighted by molar-refractivity contribution is -0.143. The molecule has 2 aromatic carbocycles. The van der Waals surface area contributed by atoms with Crippen LogP contribution in [0.15, 0.2) is 48.8 Å². The molecule has 1 aromatic heterocycles. The van der Waals surface area contributed by atoms with E-state index in [2.05, 4.69) is 9.97 Å². The first-order valence-electron chi connectivity index (χ1n) is 13.3. The number of aryl methyl sites for hydroxylation is 1. The summed E-state index contributed by atoms with van der Waals surface area (Å²) in [7, 11) is 1.88. The molecule has 0 bridgehead atoms. The van der Waals surface area contributed by atoms with Crippen molar-refractivity contribution in [3.63, 3.8) is 0 Å². The second kappa shape index (κ2) is 12.5. The predicted octanol–water partition coefficient (Wildman–Crippen LogP) is 6.56. The quantitative estimate of drug-likeness (QED) is 0.198. The van der Waals surface area contributed by atoms with Gasteiger partial charge in [0, 0.05) is 50.7 Å². The van der Waals surface area contributed by atoms with Gasteiger partial charge in [0.15, 0.2) is 0 Å². The second-order valence-electron chi connectivity index (χ2n) is 10.1. The zero-order chi connectivity index (χ0) is 30.7. The lowest BCUT2D eigenvalue weighted by atomic mass is 9.98. The molecule has 13 heteroatoms. The van der Waals surface area contributed by atoms with Gasteiger partial charge in [-0.3, -0.25) is 4.79 Å². The summed E-state index contributed by atoms with van der Waals surface area (Å²) < 4.78 is 86.8. The number of carbonyl (C=O) groups is 1. The molecule has 7 nitrogen and oxygen atoms in total. The number of aromatic nitrogens is 2. The maximum absolute atomic E-state index is 13.8. The van der Waals surface area contributed by atoms with Crippen LogP contribution in [-0.4, -0.2) is 47.8 Å². The van der Waals surface area contributed by atoms with Gasteiger partial charge < -0.3 is 19.6 Å². The van der Waals surface area contributed by atoms with E-state index < -0.39 is 29.4 Å². The number of aliphatic carboxylic acids is 1. The van der Waals surface area contributed by atoms with Crippen molar-refractivity contribution in [3.05, 3.63) is 76.6 Å². The summed E-state index contributed by atoms with van der Waals surface area (Å²) in [4.78, 5) is 23.3. The molecule has 1 unspecified atom stereocenters. The SMILES string of the molecule is CCc1cnc(N(CCCOc2ccc3c(c2)C(CC(=O)O)CN3C)Cc2ccc(C(F)(F)F)cc2C(F)(F)F)nc1. The molecule has 4 rings (SSSR count). The average molecular weight is 597 g/mol. The number of rotatable bonds is 11. The van der Waals surface area contributed by atoms with Crippen LogP contribution in [-0.2, 0) is 30.1 Å². The molecular weight excluding hydrogens is 566 g/mol. The van der Waals surface area contributed by atoms with Crippen LogP contribution in [0.1, 0.15) is 53.5 Å². The molecule has 0 spiro atoms. The number of hydrogen-bond donors (Lipinski definition) is 1. The molecule has 0 fully saturated rings. The average Bonchev–Trinajstić information content (AvgIpc) is 3.23. The predicted molar refractivity (Wildman–Crippen MR) is 144 cm³/mol. The first kappa shape index (κ1) is 30.9. The van der Waals surface area contributed by atoms with Crippen molar-refractivity contribution in [1.29, 1.82) is 0 Å². The number of carboxylic acids is 1. The highest BCUT2D eigenvalue weighted by Gasteiger charge is 2.38. The summed E-state index contributed by atoms with van der Waals surface area (Å²) in [6.45, 7) is 2.41. The number of ether oxygens (including phenoxy) is 1. The van der Waals surface area contributed by atoms with Gasteiger partial charge in [-0.2, -0.15) is 26.3 Å². The zero-order valence-electron chi connectivity index (χ0n) is 23.0. The normalized spacial score (nSPS) is 15.0. The number of fused-ring (bicyclic) bond motifs is 1. The fraction of sp³-hybridized carbons (Fsp3) is 0.414. The fourth-order valence-corrected chi connectivity index (χ4v) is 4.96. The van der Waals surface area contributed by atoms with Crippen molar-refractivity contribution in [2.24, 2.45) is 0 Å². The minimum atomic E-state index is -5.00.